The predicted octanol–water partition coefficient (Wildman–Crippen LogP) is 5.42. The molecule has 5 aromatic rings. The van der Waals surface area contributed by atoms with E-state index in [1.54, 1.807) is 0 Å². The number of amides is 2. The average molecular weight is 746 g/mol. The highest BCUT2D eigenvalue weighted by molar-refractivity contribution is 6.35. The Bertz CT molecular complexity index is 2290. The van der Waals surface area contributed by atoms with Crippen LogP contribution in [0.2, 0.25) is 5.02 Å². The second kappa shape index (κ2) is 12.2. The van der Waals surface area contributed by atoms with Gasteiger partial charge in [0.05, 0.1) is 24.4 Å². The summed E-state index contributed by atoms with van der Waals surface area (Å²) in [6.45, 7) is -2.39. The van der Waals surface area contributed by atoms with Crippen molar-refractivity contribution < 1.29 is 55.6 Å². The normalized spacial score (nSPS) is 18.2. The Morgan fingerprint density at radius 2 is 1.87 bits per heavy atom. The van der Waals surface area contributed by atoms with E-state index in [1.807, 2.05) is 0 Å². The molecule has 2 aliphatic rings. The van der Waals surface area contributed by atoms with Crippen LogP contribution >= 0.6 is 11.6 Å². The molecule has 0 bridgehead atoms. The summed E-state index contributed by atoms with van der Waals surface area (Å²) < 4.78 is 89.5. The molecule has 2 amide bonds. The second-order valence-electron chi connectivity index (χ2n) is 12.2. The van der Waals surface area contributed by atoms with Crippen molar-refractivity contribution in [3.8, 4) is 34.3 Å². The number of nitrogens with one attached hydrogen (secondary N) is 1. The molecule has 0 radical (unpaired) electrons. The van der Waals surface area contributed by atoms with Gasteiger partial charge in [-0.25, -0.2) is 14.1 Å². The number of aromatic nitrogens is 3. The molecule has 4 heterocycles. The molecule has 18 heteroatoms. The zero-order valence-electron chi connectivity index (χ0n) is 26.8. The minimum atomic E-state index is -4.01. The highest BCUT2D eigenvalue weighted by Gasteiger charge is 2.48. The number of alkyl halides is 4. The third-order valence-electron chi connectivity index (χ3n) is 8.91. The van der Waals surface area contributed by atoms with Crippen molar-refractivity contribution in [3.05, 3.63) is 94.0 Å². The van der Waals surface area contributed by atoms with Crippen LogP contribution in [0.15, 0.2) is 60.8 Å². The fraction of sp³-hybridized carbons (Fsp3) is 0.235. The summed E-state index contributed by atoms with van der Waals surface area (Å²) in [4.78, 5) is 31.1. The van der Waals surface area contributed by atoms with E-state index in [9.17, 15) is 36.6 Å². The van der Waals surface area contributed by atoms with Crippen molar-refractivity contribution >= 4 is 34.3 Å². The van der Waals surface area contributed by atoms with Crippen LogP contribution in [0.25, 0.3) is 22.2 Å². The van der Waals surface area contributed by atoms with Crippen molar-refractivity contribution in [2.24, 2.45) is 5.73 Å². The smallest absolute Gasteiger partial charge is 0.494 e. The molecule has 0 fully saturated rings. The Balaban J connectivity index is 1.36. The quantitative estimate of drug-likeness (QED) is 0.168. The Kier molecular flexibility index (Phi) is 8.17. The number of carbonyl (C=O) groups excluding carboxylic acids is 2. The number of nitrogens with zero attached hydrogens (tertiary/aromatic N) is 3. The summed E-state index contributed by atoms with van der Waals surface area (Å²) in [6.07, 6.45) is -2.98. The molecule has 0 unspecified atom stereocenters. The summed E-state index contributed by atoms with van der Waals surface area (Å²) >= 11 is 6.56. The zero-order chi connectivity index (χ0) is 37.3. The monoisotopic (exact) mass is 745 g/mol. The number of nitrogens with two attached hydrogens (primary N) is 1. The maximum atomic E-state index is 14.1. The van der Waals surface area contributed by atoms with Gasteiger partial charge >= 0.3 is 12.8 Å². The minimum Gasteiger partial charge on any atom is -0.494 e. The molecule has 2 aromatic heterocycles. The molecule has 2 aliphatic heterocycles. The first-order valence-electron chi connectivity index (χ1n) is 15.2. The third-order valence-corrected chi connectivity index (χ3v) is 9.28. The SMILES string of the molecule is COc1cc(C(=O)NC[C@@](O)(c2ccc(F)cc2)c2cc3c(c(-c4ccc5c(c4Cl)OC(F)(F)O5)n2)OC[C@]3(C)C(N)=O)cc2cn(C(F)F)nc12. The number of benzene rings is 3. The molecule has 52 heavy (non-hydrogen) atoms. The van der Waals surface area contributed by atoms with Crippen LogP contribution in [0.3, 0.4) is 0 Å². The Hall–Kier alpha value is -5.68. The van der Waals surface area contributed by atoms with Gasteiger partial charge in [0.1, 0.15) is 46.1 Å². The third kappa shape index (κ3) is 5.65. The summed E-state index contributed by atoms with van der Waals surface area (Å²) in [7, 11) is 1.27. The number of rotatable bonds is 9. The van der Waals surface area contributed by atoms with E-state index in [4.69, 9.17) is 26.8 Å². The number of hydrogen-bond donors (Lipinski definition) is 3. The number of methoxy groups -OCH3 is 1. The van der Waals surface area contributed by atoms with Gasteiger partial charge in [-0.05, 0) is 55.0 Å². The maximum absolute atomic E-state index is 14.1. The van der Waals surface area contributed by atoms with Gasteiger partial charge in [-0.2, -0.15) is 13.9 Å². The highest BCUT2D eigenvalue weighted by atomic mass is 35.5. The Morgan fingerprint density at radius 3 is 2.54 bits per heavy atom. The van der Waals surface area contributed by atoms with E-state index >= 15 is 0 Å². The summed E-state index contributed by atoms with van der Waals surface area (Å²) in [5.74, 6) is -3.12. The van der Waals surface area contributed by atoms with Crippen LogP contribution in [0.4, 0.5) is 22.0 Å². The number of aliphatic hydroxyl groups is 1. The van der Waals surface area contributed by atoms with Gasteiger partial charge in [-0.15, -0.1) is 8.78 Å². The molecule has 2 atom stereocenters. The molecular formula is C34H25ClF5N5O7. The fourth-order valence-corrected chi connectivity index (χ4v) is 6.32. The van der Waals surface area contributed by atoms with Crippen molar-refractivity contribution in [1.29, 1.82) is 0 Å². The summed E-state index contributed by atoms with van der Waals surface area (Å²) in [5.41, 5.74) is 1.79. The lowest BCUT2D eigenvalue weighted by Crippen LogP contribution is -2.43. The average Bonchev–Trinajstić information content (AvgIpc) is 3.80. The van der Waals surface area contributed by atoms with E-state index in [1.165, 1.54) is 50.4 Å². The van der Waals surface area contributed by atoms with Crippen molar-refractivity contribution in [2.75, 3.05) is 20.3 Å². The summed E-state index contributed by atoms with van der Waals surface area (Å²) in [6, 6.07) is 10.9. The van der Waals surface area contributed by atoms with Gasteiger partial charge in [0.15, 0.2) is 11.5 Å². The van der Waals surface area contributed by atoms with Crippen LogP contribution in [-0.2, 0) is 15.8 Å². The lowest BCUT2D eigenvalue weighted by atomic mass is 9.80. The molecule has 0 aliphatic carbocycles. The molecule has 3 aromatic carbocycles. The van der Waals surface area contributed by atoms with Gasteiger partial charge in [-0.1, -0.05) is 23.7 Å². The molecule has 0 saturated heterocycles. The summed E-state index contributed by atoms with van der Waals surface area (Å²) in [5, 5.41) is 18.7. The molecule has 12 nitrogen and oxygen atoms in total. The number of carbonyl (C=O) groups is 2. The van der Waals surface area contributed by atoms with Crippen LogP contribution < -0.4 is 30.0 Å². The van der Waals surface area contributed by atoms with Crippen LogP contribution in [0, 0.1) is 5.82 Å². The lowest BCUT2D eigenvalue weighted by molar-refractivity contribution is -0.286. The highest BCUT2D eigenvalue weighted by Crippen LogP contribution is 2.53. The van der Waals surface area contributed by atoms with E-state index in [0.717, 1.165) is 24.4 Å². The molecule has 4 N–H and O–H groups in total. The number of hydrogen-bond acceptors (Lipinski definition) is 9. The van der Waals surface area contributed by atoms with E-state index in [0.29, 0.717) is 4.68 Å². The molecule has 0 saturated carbocycles. The maximum Gasteiger partial charge on any atom is 0.586 e. The largest absolute Gasteiger partial charge is 0.586 e. The topological polar surface area (TPSA) is 160 Å². The van der Waals surface area contributed by atoms with Gasteiger partial charge in [0.2, 0.25) is 5.91 Å². The Morgan fingerprint density at radius 1 is 1.13 bits per heavy atom. The van der Waals surface area contributed by atoms with Gasteiger partial charge < -0.3 is 35.1 Å². The van der Waals surface area contributed by atoms with Crippen molar-refractivity contribution in [2.45, 2.75) is 30.8 Å². The fourth-order valence-electron chi connectivity index (χ4n) is 6.03. The first-order chi connectivity index (χ1) is 24.5. The van der Waals surface area contributed by atoms with E-state index in [2.05, 4.69) is 24.9 Å². The standard InChI is InChI=1S/C34H25ClF5N5O7/c1-32(30(41)47)14-50-27-20(32)11-23(43-26(27)19-7-8-21-28(24(19)35)52-34(39,40)51-21)33(48,17-3-5-18(36)6-4-17)13-42-29(46)15-9-16-12-45(31(37)38)44-25(16)22(10-15)49-2/h3-12,31,48H,13-14H2,1-2H3,(H2,41,47)(H,42,46)/t32-,33+/m0/s1. The second-order valence-corrected chi connectivity index (χ2v) is 12.6. The van der Waals surface area contributed by atoms with Crippen molar-refractivity contribution in [1.82, 2.24) is 20.1 Å². The van der Waals surface area contributed by atoms with Gasteiger partial charge in [-0.3, -0.25) is 9.59 Å². The van der Waals surface area contributed by atoms with Crippen LogP contribution in [-0.4, -0.2) is 58.2 Å². The molecular weight excluding hydrogens is 721 g/mol. The number of primary amides is 1. The first-order valence-corrected chi connectivity index (χ1v) is 15.6. The van der Waals surface area contributed by atoms with Crippen molar-refractivity contribution in [3.63, 3.8) is 0 Å². The zero-order valence-corrected chi connectivity index (χ0v) is 27.6. The number of halogens is 6. The first kappa shape index (κ1) is 34.8. The Labute approximate surface area is 294 Å². The van der Waals surface area contributed by atoms with Gasteiger partial charge in [0, 0.05) is 28.3 Å². The predicted molar refractivity (Wildman–Crippen MR) is 172 cm³/mol. The number of ether oxygens (including phenoxy) is 4. The van der Waals surface area contributed by atoms with E-state index < -0.39 is 53.8 Å². The van der Waals surface area contributed by atoms with E-state index in [-0.39, 0.29) is 73.4 Å². The minimum absolute atomic E-state index is 0.00666. The van der Waals surface area contributed by atoms with Crippen LogP contribution in [0.1, 0.15) is 40.7 Å². The molecule has 270 valence electrons. The number of fused-ring (bicyclic) bond motifs is 3. The lowest BCUT2D eigenvalue weighted by Gasteiger charge is -2.30. The number of pyridine rings is 1. The molecule has 7 rings (SSSR count). The molecule has 0 spiro atoms. The van der Waals surface area contributed by atoms with Gasteiger partial charge in [0.25, 0.3) is 5.91 Å². The van der Waals surface area contributed by atoms with Crippen LogP contribution in [0.5, 0.6) is 23.0 Å².